The van der Waals surface area contributed by atoms with Crippen LogP contribution in [0.2, 0.25) is 0 Å². The van der Waals surface area contributed by atoms with E-state index in [0.29, 0.717) is 6.54 Å². The van der Waals surface area contributed by atoms with Gasteiger partial charge in [0, 0.05) is 6.54 Å². The third-order valence-corrected chi connectivity index (χ3v) is 3.60. The van der Waals surface area contributed by atoms with Gasteiger partial charge in [0.05, 0.1) is 12.1 Å². The van der Waals surface area contributed by atoms with E-state index in [4.69, 9.17) is 10.5 Å². The van der Waals surface area contributed by atoms with E-state index in [9.17, 15) is 9.18 Å². The van der Waals surface area contributed by atoms with E-state index >= 15 is 0 Å². The average Bonchev–Trinajstić information content (AvgIpc) is 2.86. The maximum atomic E-state index is 13.0. The van der Waals surface area contributed by atoms with Gasteiger partial charge in [0.1, 0.15) is 11.4 Å². The van der Waals surface area contributed by atoms with Crippen LogP contribution in [0.15, 0.2) is 24.3 Å². The van der Waals surface area contributed by atoms with Crippen LogP contribution in [-0.4, -0.2) is 29.2 Å². The van der Waals surface area contributed by atoms with E-state index in [1.165, 1.54) is 12.1 Å². The number of hydrogen-bond donors (Lipinski definition) is 1. The van der Waals surface area contributed by atoms with Crippen LogP contribution in [-0.2, 0) is 4.74 Å². The Morgan fingerprint density at radius 1 is 1.38 bits per heavy atom. The summed E-state index contributed by atoms with van der Waals surface area (Å²) in [7, 11) is 0. The van der Waals surface area contributed by atoms with Crippen LogP contribution < -0.4 is 5.73 Å². The number of nitrogens with zero attached hydrogens (tertiary/aromatic N) is 1. The summed E-state index contributed by atoms with van der Waals surface area (Å²) in [5, 5.41) is 0. The van der Waals surface area contributed by atoms with Crippen molar-refractivity contribution in [2.45, 2.75) is 51.3 Å². The zero-order chi connectivity index (χ0) is 15.6. The minimum absolute atomic E-state index is 0.106. The second kappa shape index (κ2) is 6.02. The van der Waals surface area contributed by atoms with Crippen molar-refractivity contribution in [2.75, 3.05) is 6.54 Å². The van der Waals surface area contributed by atoms with Gasteiger partial charge < -0.3 is 15.4 Å². The topological polar surface area (TPSA) is 55.6 Å². The first-order valence-corrected chi connectivity index (χ1v) is 7.28. The Labute approximate surface area is 125 Å². The van der Waals surface area contributed by atoms with E-state index < -0.39 is 5.60 Å². The molecule has 5 heteroatoms. The summed E-state index contributed by atoms with van der Waals surface area (Å²) in [6.45, 7) is 6.18. The van der Waals surface area contributed by atoms with Crippen molar-refractivity contribution in [1.82, 2.24) is 4.90 Å². The molecule has 0 aromatic heterocycles. The molecule has 1 aliphatic rings. The fourth-order valence-electron chi connectivity index (χ4n) is 2.62. The van der Waals surface area contributed by atoms with E-state index in [1.54, 1.807) is 17.0 Å². The molecular weight excluding hydrogens is 271 g/mol. The molecule has 0 radical (unpaired) electrons. The van der Waals surface area contributed by atoms with Crippen LogP contribution in [0.4, 0.5) is 9.18 Å². The first kappa shape index (κ1) is 15.8. The first-order chi connectivity index (χ1) is 9.78. The highest BCUT2D eigenvalue weighted by molar-refractivity contribution is 5.69. The second-order valence-corrected chi connectivity index (χ2v) is 6.46. The van der Waals surface area contributed by atoms with Gasteiger partial charge in [0.25, 0.3) is 0 Å². The van der Waals surface area contributed by atoms with Crippen LogP contribution in [0.25, 0.3) is 0 Å². The molecule has 2 N–H and O–H groups in total. The lowest BCUT2D eigenvalue weighted by Crippen LogP contribution is -2.44. The van der Waals surface area contributed by atoms with E-state index in [1.807, 2.05) is 20.8 Å². The van der Waals surface area contributed by atoms with Gasteiger partial charge in [-0.15, -0.1) is 0 Å². The van der Waals surface area contributed by atoms with Crippen molar-refractivity contribution in [3.05, 3.63) is 35.6 Å². The van der Waals surface area contributed by atoms with Crippen molar-refractivity contribution < 1.29 is 13.9 Å². The molecule has 4 nitrogen and oxygen atoms in total. The Morgan fingerprint density at radius 3 is 2.57 bits per heavy atom. The molecule has 2 atom stereocenters. The minimum Gasteiger partial charge on any atom is -0.444 e. The van der Waals surface area contributed by atoms with Crippen molar-refractivity contribution >= 4 is 6.09 Å². The van der Waals surface area contributed by atoms with Gasteiger partial charge in [-0.3, -0.25) is 0 Å². The maximum Gasteiger partial charge on any atom is 0.410 e. The molecule has 21 heavy (non-hydrogen) atoms. The monoisotopic (exact) mass is 294 g/mol. The van der Waals surface area contributed by atoms with Crippen molar-refractivity contribution in [3.8, 4) is 0 Å². The van der Waals surface area contributed by atoms with Crippen LogP contribution in [0.5, 0.6) is 0 Å². The molecule has 1 aromatic carbocycles. The largest absolute Gasteiger partial charge is 0.444 e. The highest BCUT2D eigenvalue weighted by atomic mass is 19.1. The number of nitrogens with two attached hydrogens (primary N) is 1. The molecule has 1 fully saturated rings. The standard InChI is InChI=1S/C16H23FN2O2/c1-16(2,3)21-15(20)19-10-4-5-13(19)14(18)11-6-8-12(17)9-7-11/h6-9,13-14H,4-5,10,18H2,1-3H3. The summed E-state index contributed by atoms with van der Waals surface area (Å²) < 4.78 is 18.4. The fourth-order valence-corrected chi connectivity index (χ4v) is 2.62. The molecule has 1 amide bonds. The Bertz CT molecular complexity index is 496. The molecule has 116 valence electrons. The molecule has 2 rings (SSSR count). The number of likely N-dealkylation sites (tertiary alicyclic amines) is 1. The summed E-state index contributed by atoms with van der Waals surface area (Å²) in [5.41, 5.74) is 6.58. The molecule has 0 spiro atoms. The third-order valence-electron chi connectivity index (χ3n) is 3.60. The van der Waals surface area contributed by atoms with Gasteiger partial charge in [-0.1, -0.05) is 12.1 Å². The molecule has 1 heterocycles. The summed E-state index contributed by atoms with van der Waals surface area (Å²) in [4.78, 5) is 13.9. The molecule has 0 bridgehead atoms. The lowest BCUT2D eigenvalue weighted by atomic mass is 9.98. The molecular formula is C16H23FN2O2. The van der Waals surface area contributed by atoms with Gasteiger partial charge in [-0.25, -0.2) is 9.18 Å². The predicted molar refractivity (Wildman–Crippen MR) is 79.3 cm³/mol. The summed E-state index contributed by atoms with van der Waals surface area (Å²) >= 11 is 0. The lowest BCUT2D eigenvalue weighted by molar-refractivity contribution is 0.0206. The Morgan fingerprint density at radius 2 is 2.00 bits per heavy atom. The van der Waals surface area contributed by atoms with E-state index in [0.717, 1.165) is 18.4 Å². The zero-order valence-corrected chi connectivity index (χ0v) is 12.8. The zero-order valence-electron chi connectivity index (χ0n) is 12.8. The van der Waals surface area contributed by atoms with Crippen LogP contribution in [0.1, 0.15) is 45.2 Å². The SMILES string of the molecule is CC(C)(C)OC(=O)N1CCCC1C(N)c1ccc(F)cc1. The number of amides is 1. The van der Waals surface area contributed by atoms with Crippen molar-refractivity contribution in [2.24, 2.45) is 5.73 Å². The van der Waals surface area contributed by atoms with Crippen molar-refractivity contribution in [1.29, 1.82) is 0 Å². The third kappa shape index (κ3) is 3.94. The summed E-state index contributed by atoms with van der Waals surface area (Å²) in [6, 6.07) is 5.69. The Hall–Kier alpha value is -1.62. The number of hydrogen-bond acceptors (Lipinski definition) is 3. The average molecular weight is 294 g/mol. The number of ether oxygens (including phenoxy) is 1. The predicted octanol–water partition coefficient (Wildman–Crippen LogP) is 3.23. The quantitative estimate of drug-likeness (QED) is 0.911. The second-order valence-electron chi connectivity index (χ2n) is 6.46. The number of carbonyl (C=O) groups is 1. The van der Waals surface area contributed by atoms with Gasteiger partial charge in [-0.2, -0.15) is 0 Å². The molecule has 1 saturated heterocycles. The van der Waals surface area contributed by atoms with Crippen LogP contribution >= 0.6 is 0 Å². The molecule has 1 aliphatic heterocycles. The van der Waals surface area contributed by atoms with Gasteiger partial charge in [0.15, 0.2) is 0 Å². The van der Waals surface area contributed by atoms with Crippen molar-refractivity contribution in [3.63, 3.8) is 0 Å². The Kier molecular flexibility index (Phi) is 4.52. The summed E-state index contributed by atoms with van der Waals surface area (Å²) in [6.07, 6.45) is 1.40. The van der Waals surface area contributed by atoms with E-state index in [2.05, 4.69) is 0 Å². The maximum absolute atomic E-state index is 13.0. The smallest absolute Gasteiger partial charge is 0.410 e. The van der Waals surface area contributed by atoms with E-state index in [-0.39, 0.29) is 24.0 Å². The summed E-state index contributed by atoms with van der Waals surface area (Å²) in [5.74, 6) is -0.290. The number of carbonyl (C=O) groups excluding carboxylic acids is 1. The van der Waals surface area contributed by atoms with Crippen LogP contribution in [0, 0.1) is 5.82 Å². The van der Waals surface area contributed by atoms with Gasteiger partial charge in [0.2, 0.25) is 0 Å². The highest BCUT2D eigenvalue weighted by Crippen LogP contribution is 2.29. The number of halogens is 1. The highest BCUT2D eigenvalue weighted by Gasteiger charge is 2.36. The number of rotatable bonds is 2. The lowest BCUT2D eigenvalue weighted by Gasteiger charge is -2.31. The Balaban J connectivity index is 2.10. The number of benzene rings is 1. The molecule has 2 unspecified atom stereocenters. The molecule has 1 aromatic rings. The molecule has 0 saturated carbocycles. The minimum atomic E-state index is -0.524. The fraction of sp³-hybridized carbons (Fsp3) is 0.562. The normalized spacial score (nSPS) is 20.4. The van der Waals surface area contributed by atoms with Gasteiger partial charge in [-0.05, 0) is 51.3 Å². The van der Waals surface area contributed by atoms with Crippen LogP contribution in [0.3, 0.4) is 0 Å². The van der Waals surface area contributed by atoms with Gasteiger partial charge >= 0.3 is 6.09 Å². The first-order valence-electron chi connectivity index (χ1n) is 7.28. The molecule has 0 aliphatic carbocycles.